The zero-order chi connectivity index (χ0) is 15.3. The first-order chi connectivity index (χ1) is 9.88. The molecule has 4 nitrogen and oxygen atoms in total. The first-order valence-corrected chi connectivity index (χ1v) is 7.84. The molecule has 0 radical (unpaired) electrons. The molecule has 2 fully saturated rings. The molecule has 1 aromatic rings. The Bertz CT molecular complexity index is 575. The van der Waals surface area contributed by atoms with Crippen molar-refractivity contribution in [3.05, 3.63) is 29.6 Å². The molecular weight excluding hydrogens is 298 g/mol. The molecular formula is C17H26ClN3O. The van der Waals surface area contributed by atoms with Crippen LogP contribution in [0.1, 0.15) is 56.1 Å². The van der Waals surface area contributed by atoms with Crippen LogP contribution >= 0.6 is 12.4 Å². The van der Waals surface area contributed by atoms with Crippen LogP contribution in [0.15, 0.2) is 18.3 Å². The minimum Gasteiger partial charge on any atom is -0.349 e. The van der Waals surface area contributed by atoms with Crippen molar-refractivity contribution in [2.24, 2.45) is 22.5 Å². The molecule has 22 heavy (non-hydrogen) atoms. The Balaban J connectivity index is 0.00000176. The number of fused-ring (bicyclic) bond motifs is 2. The standard InChI is InChI=1S/C17H25N3O.ClH/c1-16(2)12-4-6-17(16,3)14(9-12)20-15(21)11-5-7-19-13(8-11)10-18;/h5,7-8,12,14H,4,6,9-10,18H2,1-3H3,(H,20,21);1H. The highest BCUT2D eigenvalue weighted by atomic mass is 35.5. The van der Waals surface area contributed by atoms with Gasteiger partial charge in [0, 0.05) is 24.3 Å². The number of carbonyl (C=O) groups is 1. The van der Waals surface area contributed by atoms with Gasteiger partial charge in [-0.1, -0.05) is 20.8 Å². The fourth-order valence-electron chi connectivity index (χ4n) is 4.39. The number of amides is 1. The van der Waals surface area contributed by atoms with E-state index in [2.05, 4.69) is 31.1 Å². The summed E-state index contributed by atoms with van der Waals surface area (Å²) >= 11 is 0. The average molecular weight is 324 g/mol. The highest BCUT2D eigenvalue weighted by Crippen LogP contribution is 2.65. The third kappa shape index (κ3) is 2.42. The zero-order valence-corrected chi connectivity index (χ0v) is 14.4. The normalized spacial score (nSPS) is 31.6. The molecule has 0 saturated heterocycles. The highest BCUT2D eigenvalue weighted by Gasteiger charge is 2.61. The summed E-state index contributed by atoms with van der Waals surface area (Å²) in [5.41, 5.74) is 7.52. The number of halogens is 1. The van der Waals surface area contributed by atoms with Crippen molar-refractivity contribution in [2.75, 3.05) is 0 Å². The van der Waals surface area contributed by atoms with Crippen LogP contribution in [0.5, 0.6) is 0 Å². The Hall–Kier alpha value is -1.13. The van der Waals surface area contributed by atoms with E-state index in [9.17, 15) is 4.79 Å². The van der Waals surface area contributed by atoms with Gasteiger partial charge in [0.05, 0.1) is 5.69 Å². The lowest BCUT2D eigenvalue weighted by molar-refractivity contribution is 0.0826. The van der Waals surface area contributed by atoms with Crippen LogP contribution in [0, 0.1) is 16.7 Å². The number of carbonyl (C=O) groups excluding carboxylic acids is 1. The lowest BCUT2D eigenvalue weighted by atomic mass is 9.69. The smallest absolute Gasteiger partial charge is 0.251 e. The molecule has 0 spiro atoms. The molecule has 0 aliphatic heterocycles. The summed E-state index contributed by atoms with van der Waals surface area (Å²) in [6.07, 6.45) is 5.26. The third-order valence-corrected chi connectivity index (χ3v) is 6.39. The van der Waals surface area contributed by atoms with E-state index in [-0.39, 0.29) is 29.8 Å². The number of aromatic nitrogens is 1. The van der Waals surface area contributed by atoms with Gasteiger partial charge < -0.3 is 11.1 Å². The number of nitrogens with two attached hydrogens (primary N) is 1. The average Bonchev–Trinajstić information content (AvgIpc) is 2.80. The molecule has 3 atom stereocenters. The van der Waals surface area contributed by atoms with Crippen LogP contribution in [0.4, 0.5) is 0 Å². The summed E-state index contributed by atoms with van der Waals surface area (Å²) in [5, 5.41) is 3.27. The SMILES string of the molecule is CC1(C)C2CCC1(C)C(NC(=O)c1ccnc(CN)c1)C2.Cl. The maximum atomic E-state index is 12.5. The van der Waals surface area contributed by atoms with Gasteiger partial charge in [-0.05, 0) is 48.1 Å². The van der Waals surface area contributed by atoms with Gasteiger partial charge in [0.1, 0.15) is 0 Å². The van der Waals surface area contributed by atoms with Crippen molar-refractivity contribution < 1.29 is 4.79 Å². The van der Waals surface area contributed by atoms with Gasteiger partial charge in [0.15, 0.2) is 0 Å². The molecule has 2 saturated carbocycles. The second-order valence-electron chi connectivity index (χ2n) is 7.38. The van der Waals surface area contributed by atoms with E-state index in [4.69, 9.17) is 5.73 Å². The fraction of sp³-hybridized carbons (Fsp3) is 0.647. The number of hydrogen-bond donors (Lipinski definition) is 2. The molecule has 5 heteroatoms. The van der Waals surface area contributed by atoms with Crippen molar-refractivity contribution in [1.82, 2.24) is 10.3 Å². The number of nitrogens with zero attached hydrogens (tertiary/aromatic N) is 1. The maximum Gasteiger partial charge on any atom is 0.251 e. The Kier molecular flexibility index (Phi) is 4.56. The van der Waals surface area contributed by atoms with Crippen molar-refractivity contribution in [3.8, 4) is 0 Å². The quantitative estimate of drug-likeness (QED) is 0.898. The van der Waals surface area contributed by atoms with Crippen LogP contribution in [0.3, 0.4) is 0 Å². The molecule has 3 unspecified atom stereocenters. The van der Waals surface area contributed by atoms with E-state index < -0.39 is 0 Å². The maximum absolute atomic E-state index is 12.5. The van der Waals surface area contributed by atoms with Crippen LogP contribution in [0.2, 0.25) is 0 Å². The Morgan fingerprint density at radius 1 is 1.45 bits per heavy atom. The summed E-state index contributed by atoms with van der Waals surface area (Å²) in [7, 11) is 0. The Labute approximate surface area is 138 Å². The second kappa shape index (κ2) is 5.82. The molecule has 2 aliphatic carbocycles. The summed E-state index contributed by atoms with van der Waals surface area (Å²) < 4.78 is 0. The summed E-state index contributed by atoms with van der Waals surface area (Å²) in [6.45, 7) is 7.41. The van der Waals surface area contributed by atoms with E-state index in [0.29, 0.717) is 17.5 Å². The Morgan fingerprint density at radius 2 is 2.18 bits per heavy atom. The second-order valence-corrected chi connectivity index (χ2v) is 7.38. The summed E-state index contributed by atoms with van der Waals surface area (Å²) in [4.78, 5) is 16.7. The molecule has 1 amide bonds. The fourth-order valence-corrected chi connectivity index (χ4v) is 4.39. The van der Waals surface area contributed by atoms with Crippen LogP contribution in [-0.2, 0) is 6.54 Å². The van der Waals surface area contributed by atoms with Crippen molar-refractivity contribution in [2.45, 2.75) is 52.6 Å². The lowest BCUT2D eigenvalue weighted by Crippen LogP contribution is -2.46. The first-order valence-electron chi connectivity index (χ1n) is 7.84. The van der Waals surface area contributed by atoms with E-state index in [0.717, 1.165) is 18.0 Å². The van der Waals surface area contributed by atoms with Crippen LogP contribution < -0.4 is 11.1 Å². The molecule has 1 aromatic heterocycles. The molecule has 122 valence electrons. The monoisotopic (exact) mass is 323 g/mol. The summed E-state index contributed by atoms with van der Waals surface area (Å²) in [5.74, 6) is 0.728. The molecule has 2 aliphatic rings. The minimum atomic E-state index is 0. The molecule has 3 N–H and O–H groups in total. The molecule has 3 rings (SSSR count). The van der Waals surface area contributed by atoms with Crippen molar-refractivity contribution >= 4 is 18.3 Å². The molecule has 0 aromatic carbocycles. The first kappa shape index (κ1) is 17.2. The van der Waals surface area contributed by atoms with E-state index in [1.54, 1.807) is 18.3 Å². The summed E-state index contributed by atoms with van der Waals surface area (Å²) in [6, 6.07) is 3.82. The van der Waals surface area contributed by atoms with E-state index in [1.165, 1.54) is 12.8 Å². The minimum absolute atomic E-state index is 0. The van der Waals surface area contributed by atoms with Crippen molar-refractivity contribution in [3.63, 3.8) is 0 Å². The molecule has 2 bridgehead atoms. The predicted octanol–water partition coefficient (Wildman–Crippen LogP) is 2.91. The molecule has 1 heterocycles. The number of nitrogens with one attached hydrogen (secondary N) is 1. The van der Waals surface area contributed by atoms with Gasteiger partial charge in [-0.15, -0.1) is 12.4 Å². The van der Waals surface area contributed by atoms with Crippen LogP contribution in [0.25, 0.3) is 0 Å². The van der Waals surface area contributed by atoms with Gasteiger partial charge >= 0.3 is 0 Å². The van der Waals surface area contributed by atoms with E-state index >= 15 is 0 Å². The van der Waals surface area contributed by atoms with Gasteiger partial charge in [-0.3, -0.25) is 9.78 Å². The van der Waals surface area contributed by atoms with Crippen LogP contribution in [-0.4, -0.2) is 16.9 Å². The number of hydrogen-bond acceptors (Lipinski definition) is 3. The topological polar surface area (TPSA) is 68.0 Å². The largest absolute Gasteiger partial charge is 0.349 e. The lowest BCUT2D eigenvalue weighted by Gasteiger charge is -2.39. The number of rotatable bonds is 3. The van der Waals surface area contributed by atoms with Gasteiger partial charge in [-0.2, -0.15) is 0 Å². The van der Waals surface area contributed by atoms with Gasteiger partial charge in [0.2, 0.25) is 0 Å². The van der Waals surface area contributed by atoms with E-state index in [1.807, 2.05) is 0 Å². The van der Waals surface area contributed by atoms with Crippen molar-refractivity contribution in [1.29, 1.82) is 0 Å². The highest BCUT2D eigenvalue weighted by molar-refractivity contribution is 5.94. The van der Waals surface area contributed by atoms with Gasteiger partial charge in [0.25, 0.3) is 5.91 Å². The number of pyridine rings is 1. The van der Waals surface area contributed by atoms with Gasteiger partial charge in [-0.25, -0.2) is 0 Å². The zero-order valence-electron chi connectivity index (χ0n) is 13.6. The Morgan fingerprint density at radius 3 is 2.73 bits per heavy atom. The third-order valence-electron chi connectivity index (χ3n) is 6.39. The predicted molar refractivity (Wildman–Crippen MR) is 89.9 cm³/mol.